The summed E-state index contributed by atoms with van der Waals surface area (Å²) in [6, 6.07) is 14.7. The number of aryl methyl sites for hydroxylation is 1. The molecule has 32 heavy (non-hydrogen) atoms. The maximum atomic E-state index is 14.8. The largest absolute Gasteiger partial charge is 0.466 e. The lowest BCUT2D eigenvalue weighted by Gasteiger charge is -2.26. The average Bonchev–Trinajstić information content (AvgIpc) is 3.45. The van der Waals surface area contributed by atoms with E-state index in [0.717, 1.165) is 28.9 Å². The number of nitrogens with zero attached hydrogens (tertiary/aromatic N) is 2. The Kier molecular flexibility index (Phi) is 5.52. The lowest BCUT2D eigenvalue weighted by molar-refractivity contribution is -0.144. The third-order valence-corrected chi connectivity index (χ3v) is 6.35. The summed E-state index contributed by atoms with van der Waals surface area (Å²) in [5.74, 6) is -0.822. The lowest BCUT2D eigenvalue weighted by atomic mass is 9.82. The number of imidazole rings is 1. The van der Waals surface area contributed by atoms with E-state index in [1.54, 1.807) is 19.4 Å². The maximum absolute atomic E-state index is 14.8. The highest BCUT2D eigenvalue weighted by Crippen LogP contribution is 2.41. The zero-order valence-corrected chi connectivity index (χ0v) is 18.1. The van der Waals surface area contributed by atoms with Crippen molar-refractivity contribution in [3.05, 3.63) is 83.6 Å². The van der Waals surface area contributed by atoms with Crippen molar-refractivity contribution in [2.45, 2.75) is 44.7 Å². The smallest absolute Gasteiger partial charge is 0.306 e. The summed E-state index contributed by atoms with van der Waals surface area (Å²) in [7, 11) is 0. The SMILES string of the molecule is CCOC(=O)CC1c2[nH]c3cccc(Cc4ccc(-n5ccnc5)cc4)c3c2CCC1F. The first-order valence-electron chi connectivity index (χ1n) is 11.1. The predicted molar refractivity (Wildman–Crippen MR) is 122 cm³/mol. The van der Waals surface area contributed by atoms with Gasteiger partial charge in [0.2, 0.25) is 0 Å². The summed E-state index contributed by atoms with van der Waals surface area (Å²) in [5.41, 5.74) is 6.49. The molecule has 2 aromatic heterocycles. The molecular formula is C26H26FN3O2. The molecule has 0 aliphatic heterocycles. The van der Waals surface area contributed by atoms with Gasteiger partial charge < -0.3 is 14.3 Å². The van der Waals surface area contributed by atoms with Gasteiger partial charge in [-0.1, -0.05) is 24.3 Å². The molecule has 0 spiro atoms. The van der Waals surface area contributed by atoms with E-state index >= 15 is 0 Å². The number of hydrogen-bond donors (Lipinski definition) is 1. The fourth-order valence-electron chi connectivity index (χ4n) is 4.85. The van der Waals surface area contributed by atoms with Crippen molar-refractivity contribution in [1.82, 2.24) is 14.5 Å². The highest BCUT2D eigenvalue weighted by atomic mass is 19.1. The molecule has 1 aliphatic rings. The number of ether oxygens (including phenoxy) is 1. The first-order valence-corrected chi connectivity index (χ1v) is 11.1. The summed E-state index contributed by atoms with van der Waals surface area (Å²) >= 11 is 0. The van der Waals surface area contributed by atoms with Crippen LogP contribution < -0.4 is 0 Å². The molecule has 1 aliphatic carbocycles. The number of rotatable bonds is 6. The van der Waals surface area contributed by atoms with Gasteiger partial charge in [-0.05, 0) is 61.1 Å². The summed E-state index contributed by atoms with van der Waals surface area (Å²) in [4.78, 5) is 19.6. The second-order valence-electron chi connectivity index (χ2n) is 8.34. The van der Waals surface area contributed by atoms with Crippen LogP contribution in [-0.4, -0.2) is 33.3 Å². The molecular weight excluding hydrogens is 405 g/mol. The Morgan fingerprint density at radius 3 is 2.84 bits per heavy atom. The molecule has 2 atom stereocenters. The molecule has 5 rings (SSSR count). The molecule has 2 heterocycles. The molecule has 164 valence electrons. The topological polar surface area (TPSA) is 59.9 Å². The Balaban J connectivity index is 1.47. The Morgan fingerprint density at radius 1 is 1.25 bits per heavy atom. The molecule has 6 heteroatoms. The number of benzene rings is 2. The highest BCUT2D eigenvalue weighted by molar-refractivity contribution is 5.89. The van der Waals surface area contributed by atoms with E-state index in [1.165, 1.54) is 16.5 Å². The molecule has 0 amide bonds. The zero-order valence-electron chi connectivity index (χ0n) is 18.1. The predicted octanol–water partition coefficient (Wildman–Crippen LogP) is 5.27. The van der Waals surface area contributed by atoms with Crippen molar-refractivity contribution >= 4 is 16.9 Å². The number of nitrogens with one attached hydrogen (secondary N) is 1. The van der Waals surface area contributed by atoms with Gasteiger partial charge in [-0.3, -0.25) is 4.79 Å². The van der Waals surface area contributed by atoms with E-state index in [2.05, 4.69) is 40.3 Å². The van der Waals surface area contributed by atoms with Crippen LogP contribution >= 0.6 is 0 Å². The average molecular weight is 432 g/mol. The van der Waals surface area contributed by atoms with Gasteiger partial charge in [-0.2, -0.15) is 0 Å². The Bertz CT molecular complexity index is 1230. The number of carbonyl (C=O) groups is 1. The number of esters is 1. The van der Waals surface area contributed by atoms with Gasteiger partial charge >= 0.3 is 5.97 Å². The Labute approximate surface area is 186 Å². The third kappa shape index (κ3) is 3.81. The van der Waals surface area contributed by atoms with Crippen LogP contribution in [0.3, 0.4) is 0 Å². The number of hydrogen-bond acceptors (Lipinski definition) is 3. The number of halogens is 1. The van der Waals surface area contributed by atoms with E-state index in [1.807, 2.05) is 22.9 Å². The summed E-state index contributed by atoms with van der Waals surface area (Å²) < 4.78 is 21.9. The summed E-state index contributed by atoms with van der Waals surface area (Å²) in [6.45, 7) is 2.08. The van der Waals surface area contributed by atoms with Crippen LogP contribution in [0.4, 0.5) is 4.39 Å². The van der Waals surface area contributed by atoms with E-state index < -0.39 is 12.1 Å². The fraction of sp³-hybridized carbons (Fsp3) is 0.308. The third-order valence-electron chi connectivity index (χ3n) is 6.35. The van der Waals surface area contributed by atoms with Gasteiger partial charge in [0.25, 0.3) is 0 Å². The van der Waals surface area contributed by atoms with Gasteiger partial charge in [0.1, 0.15) is 6.17 Å². The van der Waals surface area contributed by atoms with Gasteiger partial charge in [-0.15, -0.1) is 0 Å². The van der Waals surface area contributed by atoms with Gasteiger partial charge in [0, 0.05) is 40.6 Å². The molecule has 0 saturated carbocycles. The van der Waals surface area contributed by atoms with Crippen LogP contribution in [0.1, 0.15) is 48.1 Å². The van der Waals surface area contributed by atoms with Gasteiger partial charge in [0.15, 0.2) is 0 Å². The van der Waals surface area contributed by atoms with Crippen molar-refractivity contribution in [2.24, 2.45) is 0 Å². The minimum atomic E-state index is -1.04. The zero-order chi connectivity index (χ0) is 22.1. The number of aromatic amines is 1. The van der Waals surface area contributed by atoms with Gasteiger partial charge in [-0.25, -0.2) is 9.37 Å². The Hall–Kier alpha value is -3.41. The quantitative estimate of drug-likeness (QED) is 0.423. The van der Waals surface area contributed by atoms with Crippen LogP contribution in [0.15, 0.2) is 61.2 Å². The highest BCUT2D eigenvalue weighted by Gasteiger charge is 2.34. The molecule has 0 saturated heterocycles. The van der Waals surface area contributed by atoms with Crippen molar-refractivity contribution in [2.75, 3.05) is 6.61 Å². The number of aromatic nitrogens is 3. The van der Waals surface area contributed by atoms with Crippen LogP contribution in [-0.2, 0) is 22.4 Å². The first-order chi connectivity index (χ1) is 15.6. The summed E-state index contributed by atoms with van der Waals surface area (Å²) in [5, 5.41) is 1.17. The second-order valence-corrected chi connectivity index (χ2v) is 8.34. The number of fused-ring (bicyclic) bond motifs is 3. The van der Waals surface area contributed by atoms with Crippen LogP contribution in [0.5, 0.6) is 0 Å². The van der Waals surface area contributed by atoms with Gasteiger partial charge in [0.05, 0.1) is 19.4 Å². The normalized spacial score (nSPS) is 17.9. The molecule has 2 aromatic carbocycles. The number of alkyl halides is 1. The molecule has 4 aromatic rings. The second kappa shape index (κ2) is 8.61. The van der Waals surface area contributed by atoms with Crippen molar-refractivity contribution in [3.63, 3.8) is 0 Å². The first kappa shape index (κ1) is 20.5. The van der Waals surface area contributed by atoms with E-state index in [4.69, 9.17) is 4.74 Å². The summed E-state index contributed by atoms with van der Waals surface area (Å²) in [6.07, 6.45) is 6.39. The van der Waals surface area contributed by atoms with E-state index in [0.29, 0.717) is 19.4 Å². The Morgan fingerprint density at radius 2 is 2.09 bits per heavy atom. The standard InChI is InChI=1S/C26H26FN3O2/c1-2-32-24(31)15-21-22(27)11-10-20-25-18(4-3-5-23(25)29-26(20)21)14-17-6-8-19(9-7-17)30-13-12-28-16-30/h3-9,12-13,16,21-22,29H,2,10-11,14-15H2,1H3. The molecule has 0 fully saturated rings. The van der Waals surface area contributed by atoms with E-state index in [-0.39, 0.29) is 12.4 Å². The van der Waals surface area contributed by atoms with Crippen molar-refractivity contribution in [1.29, 1.82) is 0 Å². The monoisotopic (exact) mass is 431 g/mol. The molecule has 0 radical (unpaired) electrons. The number of carbonyl (C=O) groups excluding carboxylic acids is 1. The lowest BCUT2D eigenvalue weighted by Crippen LogP contribution is -2.25. The minimum absolute atomic E-state index is 0.0693. The van der Waals surface area contributed by atoms with Crippen molar-refractivity contribution in [3.8, 4) is 5.69 Å². The maximum Gasteiger partial charge on any atom is 0.306 e. The minimum Gasteiger partial charge on any atom is -0.466 e. The van der Waals surface area contributed by atoms with Crippen LogP contribution in [0, 0.1) is 0 Å². The number of H-pyrrole nitrogens is 1. The van der Waals surface area contributed by atoms with E-state index in [9.17, 15) is 9.18 Å². The molecule has 2 unspecified atom stereocenters. The molecule has 5 nitrogen and oxygen atoms in total. The van der Waals surface area contributed by atoms with Crippen LogP contribution in [0.2, 0.25) is 0 Å². The molecule has 0 bridgehead atoms. The van der Waals surface area contributed by atoms with Crippen molar-refractivity contribution < 1.29 is 13.9 Å². The fourth-order valence-corrected chi connectivity index (χ4v) is 4.85. The van der Waals surface area contributed by atoms with Crippen LogP contribution in [0.25, 0.3) is 16.6 Å². The molecule has 1 N–H and O–H groups in total.